The van der Waals surface area contributed by atoms with E-state index in [0.717, 1.165) is 51.0 Å². The van der Waals surface area contributed by atoms with Gasteiger partial charge < -0.3 is 4.90 Å². The Labute approximate surface area is 144 Å². The molecule has 0 spiro atoms. The summed E-state index contributed by atoms with van der Waals surface area (Å²) in [5, 5.41) is 9.05. The zero-order valence-corrected chi connectivity index (χ0v) is 14.4. The van der Waals surface area contributed by atoms with Crippen molar-refractivity contribution in [3.63, 3.8) is 0 Å². The predicted octanol–water partition coefficient (Wildman–Crippen LogP) is 3.09. The van der Waals surface area contributed by atoms with Crippen LogP contribution in [-0.2, 0) is 11.3 Å². The van der Waals surface area contributed by atoms with Crippen LogP contribution in [0, 0.1) is 11.3 Å². The van der Waals surface area contributed by atoms with Crippen molar-refractivity contribution in [3.8, 4) is 6.07 Å². The van der Waals surface area contributed by atoms with Crippen molar-refractivity contribution in [2.75, 3.05) is 19.6 Å². The minimum Gasteiger partial charge on any atom is -0.336 e. The van der Waals surface area contributed by atoms with Crippen LogP contribution in [0.5, 0.6) is 0 Å². The molecule has 4 heteroatoms. The van der Waals surface area contributed by atoms with Crippen molar-refractivity contribution >= 4 is 5.91 Å². The molecule has 0 aliphatic carbocycles. The van der Waals surface area contributed by atoms with E-state index in [0.29, 0.717) is 0 Å². The molecule has 3 rings (SSSR count). The highest BCUT2D eigenvalue weighted by atomic mass is 16.2. The van der Waals surface area contributed by atoms with E-state index < -0.39 is 0 Å². The molecule has 0 bridgehead atoms. The van der Waals surface area contributed by atoms with Crippen LogP contribution in [0.2, 0.25) is 0 Å². The minimum atomic E-state index is 0.194. The van der Waals surface area contributed by atoms with Crippen molar-refractivity contribution in [3.05, 3.63) is 47.0 Å². The fourth-order valence-corrected chi connectivity index (χ4v) is 3.90. The largest absolute Gasteiger partial charge is 0.336 e. The van der Waals surface area contributed by atoms with Crippen LogP contribution in [0.1, 0.15) is 43.7 Å². The molecule has 0 saturated carbocycles. The Morgan fingerprint density at radius 3 is 3.00 bits per heavy atom. The van der Waals surface area contributed by atoms with E-state index in [-0.39, 0.29) is 11.9 Å². The predicted molar refractivity (Wildman–Crippen MR) is 94.2 cm³/mol. The van der Waals surface area contributed by atoms with Gasteiger partial charge in [0.1, 0.15) is 0 Å². The number of rotatable bonds is 3. The standard InChI is InChI=1S/C20H25N3O/c1-16(24)23-11-3-2-9-20(23)19-8-5-10-22(15-19)14-18-7-4-6-17(12-18)13-21/h4,6-8,12,20H,2-3,5,9-11,14-15H2,1H3. The fourth-order valence-electron chi connectivity index (χ4n) is 3.90. The maximum atomic E-state index is 11.9. The van der Waals surface area contributed by atoms with Gasteiger partial charge in [-0.25, -0.2) is 0 Å². The number of piperidine rings is 1. The third-order valence-electron chi connectivity index (χ3n) is 5.06. The lowest BCUT2D eigenvalue weighted by Crippen LogP contribution is -2.46. The number of hydrogen-bond donors (Lipinski definition) is 0. The lowest BCUT2D eigenvalue weighted by Gasteiger charge is -2.40. The lowest BCUT2D eigenvalue weighted by atomic mass is 9.92. The van der Waals surface area contributed by atoms with E-state index in [1.807, 2.05) is 18.2 Å². The lowest BCUT2D eigenvalue weighted by molar-refractivity contribution is -0.131. The second kappa shape index (κ2) is 7.63. The Morgan fingerprint density at radius 1 is 1.33 bits per heavy atom. The molecule has 0 N–H and O–H groups in total. The summed E-state index contributed by atoms with van der Waals surface area (Å²) in [6, 6.07) is 10.3. The van der Waals surface area contributed by atoms with Gasteiger partial charge in [-0.3, -0.25) is 9.69 Å². The number of amides is 1. The molecule has 1 amide bonds. The van der Waals surface area contributed by atoms with Crippen LogP contribution in [0.3, 0.4) is 0 Å². The number of benzene rings is 1. The summed E-state index contributed by atoms with van der Waals surface area (Å²) in [7, 11) is 0. The Morgan fingerprint density at radius 2 is 2.21 bits per heavy atom. The third kappa shape index (κ3) is 3.85. The zero-order chi connectivity index (χ0) is 16.9. The van der Waals surface area contributed by atoms with Crippen LogP contribution < -0.4 is 0 Å². The fraction of sp³-hybridized carbons (Fsp3) is 0.500. The maximum Gasteiger partial charge on any atom is 0.219 e. The first kappa shape index (κ1) is 16.7. The normalized spacial score (nSPS) is 21.9. The van der Waals surface area contributed by atoms with Crippen molar-refractivity contribution in [1.82, 2.24) is 9.80 Å². The zero-order valence-electron chi connectivity index (χ0n) is 14.4. The van der Waals surface area contributed by atoms with Crippen LogP contribution >= 0.6 is 0 Å². The highest BCUT2D eigenvalue weighted by Crippen LogP contribution is 2.26. The maximum absolute atomic E-state index is 11.9. The van der Waals surface area contributed by atoms with Gasteiger partial charge in [0.2, 0.25) is 5.91 Å². The molecule has 1 atom stereocenters. The van der Waals surface area contributed by atoms with Crippen LogP contribution in [0.15, 0.2) is 35.9 Å². The SMILES string of the molecule is CC(=O)N1CCCCC1C1=CCCN(Cc2cccc(C#N)c2)C1. The Hall–Kier alpha value is -2.12. The molecular formula is C20H25N3O. The van der Waals surface area contributed by atoms with Gasteiger partial charge >= 0.3 is 0 Å². The molecule has 1 aromatic carbocycles. The first-order valence-electron chi connectivity index (χ1n) is 8.85. The summed E-state index contributed by atoms with van der Waals surface area (Å²) in [6.07, 6.45) is 6.79. The van der Waals surface area contributed by atoms with Crippen LogP contribution in [0.4, 0.5) is 0 Å². The van der Waals surface area contributed by atoms with E-state index >= 15 is 0 Å². The van der Waals surface area contributed by atoms with Crippen LogP contribution in [0.25, 0.3) is 0 Å². The van der Waals surface area contributed by atoms with Crippen molar-refractivity contribution in [2.45, 2.75) is 45.2 Å². The van der Waals surface area contributed by atoms with Gasteiger partial charge in [0.25, 0.3) is 0 Å². The van der Waals surface area contributed by atoms with Gasteiger partial charge in [0, 0.05) is 33.1 Å². The Kier molecular flexibility index (Phi) is 5.32. The van der Waals surface area contributed by atoms with Gasteiger partial charge in [-0.05, 0) is 49.0 Å². The molecule has 2 heterocycles. The number of nitrogens with zero attached hydrogens (tertiary/aromatic N) is 3. The molecule has 126 valence electrons. The van der Waals surface area contributed by atoms with Gasteiger partial charge in [0.05, 0.1) is 17.7 Å². The molecule has 0 radical (unpaired) electrons. The van der Waals surface area contributed by atoms with E-state index in [9.17, 15) is 4.79 Å². The highest BCUT2D eigenvalue weighted by Gasteiger charge is 2.29. The Bertz CT molecular complexity index is 674. The topological polar surface area (TPSA) is 47.3 Å². The summed E-state index contributed by atoms with van der Waals surface area (Å²) < 4.78 is 0. The second-order valence-electron chi connectivity index (χ2n) is 6.81. The van der Waals surface area contributed by atoms with Gasteiger partial charge in [0.15, 0.2) is 0 Å². The molecule has 1 aromatic rings. The van der Waals surface area contributed by atoms with Gasteiger partial charge in [-0.2, -0.15) is 5.26 Å². The molecule has 2 aliphatic rings. The quantitative estimate of drug-likeness (QED) is 0.803. The molecule has 0 aromatic heterocycles. The molecule has 4 nitrogen and oxygen atoms in total. The first-order chi connectivity index (χ1) is 11.7. The minimum absolute atomic E-state index is 0.194. The summed E-state index contributed by atoms with van der Waals surface area (Å²) in [6.45, 7) is 5.40. The Balaban J connectivity index is 1.68. The first-order valence-corrected chi connectivity index (χ1v) is 8.85. The monoisotopic (exact) mass is 323 g/mol. The molecule has 24 heavy (non-hydrogen) atoms. The van der Waals surface area contributed by atoms with Crippen molar-refractivity contribution in [2.24, 2.45) is 0 Å². The van der Waals surface area contributed by atoms with Crippen molar-refractivity contribution in [1.29, 1.82) is 5.26 Å². The van der Waals surface area contributed by atoms with Gasteiger partial charge in [-0.1, -0.05) is 18.2 Å². The summed E-state index contributed by atoms with van der Waals surface area (Å²) in [4.78, 5) is 16.4. The number of nitriles is 1. The third-order valence-corrected chi connectivity index (χ3v) is 5.06. The van der Waals surface area contributed by atoms with E-state index in [1.165, 1.54) is 17.6 Å². The second-order valence-corrected chi connectivity index (χ2v) is 6.81. The molecule has 2 aliphatic heterocycles. The smallest absolute Gasteiger partial charge is 0.219 e. The molecular weight excluding hydrogens is 298 g/mol. The number of carbonyl (C=O) groups is 1. The summed E-state index contributed by atoms with van der Waals surface area (Å²) >= 11 is 0. The average Bonchev–Trinajstić information content (AvgIpc) is 2.62. The van der Waals surface area contributed by atoms with Crippen molar-refractivity contribution < 1.29 is 4.79 Å². The van der Waals surface area contributed by atoms with Crippen LogP contribution in [-0.4, -0.2) is 41.4 Å². The average molecular weight is 323 g/mol. The van der Waals surface area contributed by atoms with E-state index in [1.54, 1.807) is 6.92 Å². The van der Waals surface area contributed by atoms with E-state index in [2.05, 4.69) is 28.0 Å². The number of carbonyl (C=O) groups excluding carboxylic acids is 1. The summed E-state index contributed by atoms with van der Waals surface area (Å²) in [5.74, 6) is 0.194. The number of hydrogen-bond acceptors (Lipinski definition) is 3. The van der Waals surface area contributed by atoms with E-state index in [4.69, 9.17) is 5.26 Å². The van der Waals surface area contributed by atoms with Gasteiger partial charge in [-0.15, -0.1) is 0 Å². The molecule has 1 saturated heterocycles. The molecule has 1 unspecified atom stereocenters. The molecule has 1 fully saturated rings. The number of likely N-dealkylation sites (tertiary alicyclic amines) is 1. The highest BCUT2D eigenvalue weighted by molar-refractivity contribution is 5.74. The summed E-state index contributed by atoms with van der Waals surface area (Å²) in [5.41, 5.74) is 3.30.